The number of ether oxygens (including phenoxy) is 3. The van der Waals surface area contributed by atoms with Crippen molar-refractivity contribution in [3.63, 3.8) is 0 Å². The Hall–Kier alpha value is -4.45. The molecule has 6 nitrogen and oxygen atoms in total. The number of unbranched alkanes of at least 4 members (excludes halogenated alkanes) is 17. The number of hydrogen-bond acceptors (Lipinski definition) is 6. The van der Waals surface area contributed by atoms with Gasteiger partial charge in [0.2, 0.25) is 0 Å². The van der Waals surface area contributed by atoms with E-state index in [-0.39, 0.29) is 37.5 Å². The van der Waals surface area contributed by atoms with Crippen LogP contribution in [0.15, 0.2) is 134 Å². The monoisotopic (exact) mass is 911 g/mol. The largest absolute Gasteiger partial charge is 0.462 e. The van der Waals surface area contributed by atoms with Crippen LogP contribution in [0.1, 0.15) is 207 Å². The summed E-state index contributed by atoms with van der Waals surface area (Å²) in [6.45, 7) is 6.33. The Morgan fingerprint density at radius 2 is 0.667 bits per heavy atom. The van der Waals surface area contributed by atoms with Crippen molar-refractivity contribution in [3.05, 3.63) is 134 Å². The summed E-state index contributed by atoms with van der Waals surface area (Å²) < 4.78 is 16.7. The molecule has 6 heteroatoms. The predicted octanol–water partition coefficient (Wildman–Crippen LogP) is 17.5. The summed E-state index contributed by atoms with van der Waals surface area (Å²) in [6, 6.07) is 0. The topological polar surface area (TPSA) is 78.9 Å². The molecule has 0 saturated carbocycles. The zero-order valence-electron chi connectivity index (χ0n) is 42.1. The van der Waals surface area contributed by atoms with Crippen molar-refractivity contribution in [2.45, 2.75) is 213 Å². The third-order valence-corrected chi connectivity index (χ3v) is 10.5. The van der Waals surface area contributed by atoms with Crippen LogP contribution in [0, 0.1) is 0 Å². The first-order chi connectivity index (χ1) is 32.5. The quantitative estimate of drug-likeness (QED) is 0.0199. The van der Waals surface area contributed by atoms with E-state index in [1.807, 2.05) is 6.08 Å². The fourth-order valence-corrected chi connectivity index (χ4v) is 6.56. The Morgan fingerprint density at radius 3 is 1.11 bits per heavy atom. The minimum Gasteiger partial charge on any atom is -0.462 e. The fourth-order valence-electron chi connectivity index (χ4n) is 6.56. The van der Waals surface area contributed by atoms with E-state index in [0.717, 1.165) is 116 Å². The van der Waals surface area contributed by atoms with Gasteiger partial charge in [-0.1, -0.05) is 219 Å². The third kappa shape index (κ3) is 50.5. The molecule has 370 valence electrons. The number of carbonyl (C=O) groups is 3. The van der Waals surface area contributed by atoms with Crippen LogP contribution in [0.3, 0.4) is 0 Å². The Morgan fingerprint density at radius 1 is 0.333 bits per heavy atom. The van der Waals surface area contributed by atoms with Crippen molar-refractivity contribution in [1.82, 2.24) is 0 Å². The molecule has 0 aliphatic heterocycles. The standard InChI is InChI=1S/C60H94O6/c1-4-7-10-13-16-19-22-25-27-29-31-32-35-38-41-44-47-50-53-59(62)65-56-57(55-64-58(61)52-49-46-43-40-37-34-24-21-18-15-12-9-6-3)66-60(63)54-51-48-45-42-39-36-33-30-28-26-23-20-17-14-11-8-5-2/h9,12,15-22,24-29,31-33,36,42,45,57H,4-8,10-11,13-14,23,30,34-35,37-41,43-44,46-56H2,1-3H3/b12-9+,18-15+,19-16+,20-17+,24-21+,25-22+,28-26+,29-27+,32-31+,36-33+,45-42+. The first-order valence-electron chi connectivity index (χ1n) is 26.3. The lowest BCUT2D eigenvalue weighted by molar-refractivity contribution is -0.167. The maximum absolute atomic E-state index is 12.8. The Bertz CT molecular complexity index is 1460. The zero-order chi connectivity index (χ0) is 47.9. The van der Waals surface area contributed by atoms with Crippen LogP contribution in [-0.2, 0) is 28.6 Å². The SMILES string of the molecule is CC/C=C/C=C/C=C/CCCCCCCC(=O)OCC(COC(=O)CCCCCCC/C=C/C=C/C=C/C=C/CCCCC)OC(=O)CCC/C=C/C/C=C/C/C=C/C/C=C/CCCCC. The molecule has 0 N–H and O–H groups in total. The molecule has 0 bridgehead atoms. The van der Waals surface area contributed by atoms with Gasteiger partial charge in [0.05, 0.1) is 0 Å². The summed E-state index contributed by atoms with van der Waals surface area (Å²) in [7, 11) is 0. The molecule has 0 aromatic carbocycles. The summed E-state index contributed by atoms with van der Waals surface area (Å²) in [5, 5.41) is 0. The van der Waals surface area contributed by atoms with Gasteiger partial charge < -0.3 is 14.2 Å². The normalized spacial score (nSPS) is 13.2. The molecule has 1 unspecified atom stereocenters. The van der Waals surface area contributed by atoms with Gasteiger partial charge in [0.1, 0.15) is 13.2 Å². The Labute approximate surface area is 405 Å². The van der Waals surface area contributed by atoms with E-state index in [1.54, 1.807) is 0 Å². The molecule has 0 spiro atoms. The van der Waals surface area contributed by atoms with Crippen molar-refractivity contribution < 1.29 is 28.6 Å². The average molecular weight is 911 g/mol. The highest BCUT2D eigenvalue weighted by molar-refractivity contribution is 5.71. The van der Waals surface area contributed by atoms with Crippen LogP contribution in [0.4, 0.5) is 0 Å². The molecule has 0 aliphatic rings. The van der Waals surface area contributed by atoms with Crippen molar-refractivity contribution >= 4 is 17.9 Å². The van der Waals surface area contributed by atoms with E-state index in [4.69, 9.17) is 14.2 Å². The molecule has 0 aromatic rings. The highest BCUT2D eigenvalue weighted by Gasteiger charge is 2.19. The van der Waals surface area contributed by atoms with Gasteiger partial charge in [0, 0.05) is 19.3 Å². The van der Waals surface area contributed by atoms with Gasteiger partial charge in [-0.15, -0.1) is 0 Å². The second-order valence-electron chi connectivity index (χ2n) is 16.8. The van der Waals surface area contributed by atoms with Crippen LogP contribution in [-0.4, -0.2) is 37.2 Å². The van der Waals surface area contributed by atoms with Crippen LogP contribution in [0.25, 0.3) is 0 Å². The van der Waals surface area contributed by atoms with Gasteiger partial charge in [-0.2, -0.15) is 0 Å². The van der Waals surface area contributed by atoms with Gasteiger partial charge in [-0.05, 0) is 103 Å². The highest BCUT2D eigenvalue weighted by Crippen LogP contribution is 2.12. The molecule has 0 fully saturated rings. The molecule has 0 aromatic heterocycles. The van der Waals surface area contributed by atoms with E-state index in [2.05, 4.69) is 148 Å². The van der Waals surface area contributed by atoms with Crippen LogP contribution in [0.5, 0.6) is 0 Å². The van der Waals surface area contributed by atoms with E-state index in [1.165, 1.54) is 44.9 Å². The minimum absolute atomic E-state index is 0.123. The number of allylic oxidation sites excluding steroid dienone is 22. The average Bonchev–Trinajstić information content (AvgIpc) is 3.31. The second-order valence-corrected chi connectivity index (χ2v) is 16.8. The second kappa shape index (κ2) is 53.2. The van der Waals surface area contributed by atoms with Gasteiger partial charge in [-0.3, -0.25) is 14.4 Å². The number of rotatable bonds is 45. The molecule has 0 aliphatic carbocycles. The Kier molecular flexibility index (Phi) is 49.6. The van der Waals surface area contributed by atoms with E-state index in [0.29, 0.717) is 19.3 Å². The molecule has 1 atom stereocenters. The smallest absolute Gasteiger partial charge is 0.306 e. The highest BCUT2D eigenvalue weighted by atomic mass is 16.6. The lowest BCUT2D eigenvalue weighted by Crippen LogP contribution is -2.30. The fraction of sp³-hybridized carbons (Fsp3) is 0.583. The maximum Gasteiger partial charge on any atom is 0.306 e. The zero-order valence-corrected chi connectivity index (χ0v) is 42.1. The Balaban J connectivity index is 4.58. The molecule has 0 rings (SSSR count). The van der Waals surface area contributed by atoms with Crippen molar-refractivity contribution in [3.8, 4) is 0 Å². The van der Waals surface area contributed by atoms with Gasteiger partial charge >= 0.3 is 17.9 Å². The molecule has 0 radical (unpaired) electrons. The van der Waals surface area contributed by atoms with Crippen molar-refractivity contribution in [2.24, 2.45) is 0 Å². The summed E-state index contributed by atoms with van der Waals surface area (Å²) in [4.78, 5) is 38.0. The maximum atomic E-state index is 12.8. The van der Waals surface area contributed by atoms with Crippen molar-refractivity contribution in [1.29, 1.82) is 0 Å². The third-order valence-electron chi connectivity index (χ3n) is 10.5. The van der Waals surface area contributed by atoms with Crippen molar-refractivity contribution in [2.75, 3.05) is 13.2 Å². The molecular formula is C60H94O6. The van der Waals surface area contributed by atoms with E-state index >= 15 is 0 Å². The summed E-state index contributed by atoms with van der Waals surface area (Å²) in [6.07, 6.45) is 74.3. The number of esters is 3. The number of carbonyl (C=O) groups excluding carboxylic acids is 3. The van der Waals surface area contributed by atoms with E-state index < -0.39 is 6.10 Å². The predicted molar refractivity (Wildman–Crippen MR) is 283 cm³/mol. The first kappa shape index (κ1) is 61.5. The molecule has 0 saturated heterocycles. The minimum atomic E-state index is -0.830. The van der Waals surface area contributed by atoms with E-state index in [9.17, 15) is 14.4 Å². The lowest BCUT2D eigenvalue weighted by atomic mass is 10.1. The van der Waals surface area contributed by atoms with Gasteiger partial charge in [0.25, 0.3) is 0 Å². The van der Waals surface area contributed by atoms with Crippen LogP contribution in [0.2, 0.25) is 0 Å². The van der Waals surface area contributed by atoms with Crippen LogP contribution >= 0.6 is 0 Å². The lowest BCUT2D eigenvalue weighted by Gasteiger charge is -2.18. The number of hydrogen-bond donors (Lipinski definition) is 0. The van der Waals surface area contributed by atoms with Crippen LogP contribution < -0.4 is 0 Å². The molecule has 0 heterocycles. The van der Waals surface area contributed by atoms with Gasteiger partial charge in [-0.25, -0.2) is 0 Å². The molecule has 0 amide bonds. The molecular weight excluding hydrogens is 817 g/mol. The van der Waals surface area contributed by atoms with Gasteiger partial charge in [0.15, 0.2) is 6.10 Å². The summed E-state index contributed by atoms with van der Waals surface area (Å²) in [5.74, 6) is -1.03. The summed E-state index contributed by atoms with van der Waals surface area (Å²) >= 11 is 0. The molecule has 66 heavy (non-hydrogen) atoms. The summed E-state index contributed by atoms with van der Waals surface area (Å²) in [5.41, 5.74) is 0. The first-order valence-corrected chi connectivity index (χ1v) is 26.3.